The number of nitrogens with zero attached hydrogens (tertiary/aromatic N) is 1. The molecule has 2 aliphatic rings. The van der Waals surface area contributed by atoms with E-state index in [0.717, 1.165) is 12.1 Å². The molecule has 0 spiro atoms. The van der Waals surface area contributed by atoms with Crippen LogP contribution in [0.1, 0.15) is 22.3 Å². The lowest BCUT2D eigenvalue weighted by Gasteiger charge is -2.28. The van der Waals surface area contributed by atoms with Crippen molar-refractivity contribution in [2.24, 2.45) is 0 Å². The van der Waals surface area contributed by atoms with Gasteiger partial charge in [-0.3, -0.25) is 19.8 Å². The number of amides is 4. The Labute approximate surface area is 156 Å². The number of rotatable bonds is 3. The number of fused-ring (bicyclic) bond motifs is 1. The van der Waals surface area contributed by atoms with E-state index >= 15 is 0 Å². The van der Waals surface area contributed by atoms with E-state index in [9.17, 15) is 14.4 Å². The number of benzene rings is 2. The van der Waals surface area contributed by atoms with Crippen molar-refractivity contribution in [1.82, 2.24) is 10.6 Å². The first-order chi connectivity index (χ1) is 13.1. The molecule has 0 aromatic heterocycles. The fourth-order valence-corrected chi connectivity index (χ4v) is 3.44. The highest BCUT2D eigenvalue weighted by Gasteiger charge is 2.25. The second-order valence-corrected chi connectivity index (χ2v) is 6.72. The quantitative estimate of drug-likeness (QED) is 0.776. The van der Waals surface area contributed by atoms with Gasteiger partial charge in [0.15, 0.2) is 0 Å². The monoisotopic (exact) mass is 364 g/mol. The van der Waals surface area contributed by atoms with Crippen LogP contribution in [-0.4, -0.2) is 37.0 Å². The summed E-state index contributed by atoms with van der Waals surface area (Å²) in [4.78, 5) is 37.5. The molecule has 3 N–H and O–H groups in total. The van der Waals surface area contributed by atoms with E-state index in [0.29, 0.717) is 24.3 Å². The van der Waals surface area contributed by atoms with Gasteiger partial charge in [-0.1, -0.05) is 24.3 Å². The Balaban J connectivity index is 1.45. The topological polar surface area (TPSA) is 90.5 Å². The van der Waals surface area contributed by atoms with E-state index in [1.807, 2.05) is 18.2 Å². The molecular weight excluding hydrogens is 344 g/mol. The van der Waals surface area contributed by atoms with E-state index in [1.54, 1.807) is 24.3 Å². The summed E-state index contributed by atoms with van der Waals surface area (Å²) < 4.78 is 0. The van der Waals surface area contributed by atoms with Crippen molar-refractivity contribution >= 4 is 29.2 Å². The average molecular weight is 364 g/mol. The highest BCUT2D eigenvalue weighted by atomic mass is 16.2. The van der Waals surface area contributed by atoms with E-state index in [-0.39, 0.29) is 24.3 Å². The largest absolute Gasteiger partial charge is 0.383 e. The molecule has 7 nitrogen and oxygen atoms in total. The van der Waals surface area contributed by atoms with Crippen LogP contribution in [0.15, 0.2) is 48.5 Å². The van der Waals surface area contributed by atoms with Gasteiger partial charge in [-0.25, -0.2) is 4.79 Å². The Kier molecular flexibility index (Phi) is 4.50. The molecule has 27 heavy (non-hydrogen) atoms. The number of urea groups is 1. The molecule has 4 rings (SSSR count). The smallest absolute Gasteiger partial charge is 0.328 e. The van der Waals surface area contributed by atoms with Crippen molar-refractivity contribution in [3.8, 4) is 0 Å². The van der Waals surface area contributed by atoms with Crippen molar-refractivity contribution in [2.75, 3.05) is 23.3 Å². The molecule has 0 bridgehead atoms. The Hall–Kier alpha value is -3.35. The van der Waals surface area contributed by atoms with Gasteiger partial charge in [-0.15, -0.1) is 0 Å². The average Bonchev–Trinajstić information content (AvgIpc) is 2.68. The van der Waals surface area contributed by atoms with Gasteiger partial charge in [0.1, 0.15) is 0 Å². The molecule has 2 aromatic rings. The Morgan fingerprint density at radius 3 is 2.81 bits per heavy atom. The summed E-state index contributed by atoms with van der Waals surface area (Å²) in [6.07, 6.45) is 1.01. The predicted molar refractivity (Wildman–Crippen MR) is 102 cm³/mol. The molecule has 138 valence electrons. The number of nitrogens with one attached hydrogen (secondary N) is 3. The molecule has 7 heteroatoms. The Morgan fingerprint density at radius 1 is 1.11 bits per heavy atom. The minimum atomic E-state index is -0.461. The molecule has 1 unspecified atom stereocenters. The standard InChI is InChI=1S/C20H20N4O3/c25-18-8-9-24(20(27)23-18)16-6-3-5-14(11-16)19(26)22-15-10-13-4-1-2-7-17(13)21-12-15/h1-7,11,15,21H,8-10,12H2,(H,22,26)(H,23,25,27). The number of hydrogen-bond acceptors (Lipinski definition) is 4. The molecular formula is C20H20N4O3. The lowest BCUT2D eigenvalue weighted by Crippen LogP contribution is -2.49. The van der Waals surface area contributed by atoms with Crippen LogP contribution in [0.4, 0.5) is 16.2 Å². The summed E-state index contributed by atoms with van der Waals surface area (Å²) in [6, 6.07) is 14.5. The van der Waals surface area contributed by atoms with Crippen LogP contribution in [-0.2, 0) is 11.2 Å². The van der Waals surface area contributed by atoms with Crippen molar-refractivity contribution in [2.45, 2.75) is 18.9 Å². The lowest BCUT2D eigenvalue weighted by atomic mass is 9.99. The Morgan fingerprint density at radius 2 is 1.96 bits per heavy atom. The number of anilines is 2. The number of carbonyl (C=O) groups excluding carboxylic acids is 3. The lowest BCUT2D eigenvalue weighted by molar-refractivity contribution is -0.120. The molecule has 1 saturated heterocycles. The summed E-state index contributed by atoms with van der Waals surface area (Å²) in [5, 5.41) is 8.68. The maximum absolute atomic E-state index is 12.7. The first-order valence-corrected chi connectivity index (χ1v) is 8.94. The second-order valence-electron chi connectivity index (χ2n) is 6.72. The first kappa shape index (κ1) is 17.1. The molecule has 0 aliphatic carbocycles. The second kappa shape index (κ2) is 7.11. The maximum atomic E-state index is 12.7. The highest BCUT2D eigenvalue weighted by molar-refractivity contribution is 6.06. The molecule has 2 aromatic carbocycles. The molecule has 2 aliphatic heterocycles. The maximum Gasteiger partial charge on any atom is 0.328 e. The summed E-state index contributed by atoms with van der Waals surface area (Å²) in [7, 11) is 0. The van der Waals surface area contributed by atoms with Gasteiger partial charge in [0.05, 0.1) is 6.04 Å². The van der Waals surface area contributed by atoms with Crippen LogP contribution >= 0.6 is 0 Å². The number of hydrogen-bond donors (Lipinski definition) is 3. The van der Waals surface area contributed by atoms with E-state index in [1.165, 1.54) is 10.5 Å². The third kappa shape index (κ3) is 3.62. The fourth-order valence-electron chi connectivity index (χ4n) is 3.44. The summed E-state index contributed by atoms with van der Waals surface area (Å²) >= 11 is 0. The molecule has 0 saturated carbocycles. The number of carbonyl (C=O) groups is 3. The summed E-state index contributed by atoms with van der Waals surface area (Å²) in [5.74, 6) is -0.466. The fraction of sp³-hybridized carbons (Fsp3) is 0.250. The van der Waals surface area contributed by atoms with Crippen LogP contribution < -0.4 is 20.9 Å². The predicted octanol–water partition coefficient (Wildman–Crippen LogP) is 1.90. The normalized spacial score (nSPS) is 19.0. The van der Waals surface area contributed by atoms with Gasteiger partial charge in [0.25, 0.3) is 5.91 Å². The van der Waals surface area contributed by atoms with Gasteiger partial charge in [-0.05, 0) is 36.2 Å². The SMILES string of the molecule is O=C1CCN(c2cccc(C(=O)NC3CNc4ccccc4C3)c2)C(=O)N1. The van der Waals surface area contributed by atoms with E-state index in [2.05, 4.69) is 22.0 Å². The van der Waals surface area contributed by atoms with E-state index in [4.69, 9.17) is 0 Å². The third-order valence-corrected chi connectivity index (χ3v) is 4.83. The zero-order valence-electron chi connectivity index (χ0n) is 14.7. The minimum Gasteiger partial charge on any atom is -0.383 e. The van der Waals surface area contributed by atoms with E-state index < -0.39 is 6.03 Å². The van der Waals surface area contributed by atoms with Crippen LogP contribution in [0.25, 0.3) is 0 Å². The summed E-state index contributed by atoms with van der Waals surface area (Å²) in [6.45, 7) is 0.970. The van der Waals surface area contributed by atoms with Crippen LogP contribution in [0.5, 0.6) is 0 Å². The summed E-state index contributed by atoms with van der Waals surface area (Å²) in [5.41, 5.74) is 3.36. The first-order valence-electron chi connectivity index (χ1n) is 8.94. The molecule has 4 amide bonds. The van der Waals surface area contributed by atoms with Gasteiger partial charge in [0.2, 0.25) is 5.91 Å². The van der Waals surface area contributed by atoms with Crippen LogP contribution in [0.3, 0.4) is 0 Å². The van der Waals surface area contributed by atoms with Gasteiger partial charge < -0.3 is 10.6 Å². The van der Waals surface area contributed by atoms with Crippen LogP contribution in [0, 0.1) is 0 Å². The third-order valence-electron chi connectivity index (χ3n) is 4.83. The van der Waals surface area contributed by atoms with Gasteiger partial charge in [-0.2, -0.15) is 0 Å². The Bertz CT molecular complexity index is 912. The molecule has 0 radical (unpaired) electrons. The van der Waals surface area contributed by atoms with Gasteiger partial charge >= 0.3 is 6.03 Å². The molecule has 1 atom stereocenters. The zero-order valence-corrected chi connectivity index (χ0v) is 14.7. The minimum absolute atomic E-state index is 0.00744. The van der Waals surface area contributed by atoms with Crippen molar-refractivity contribution < 1.29 is 14.4 Å². The van der Waals surface area contributed by atoms with Crippen LogP contribution in [0.2, 0.25) is 0 Å². The van der Waals surface area contributed by atoms with Crippen molar-refractivity contribution in [3.63, 3.8) is 0 Å². The van der Waals surface area contributed by atoms with Crippen molar-refractivity contribution in [1.29, 1.82) is 0 Å². The van der Waals surface area contributed by atoms with Crippen molar-refractivity contribution in [3.05, 3.63) is 59.7 Å². The number of imide groups is 1. The highest BCUT2D eigenvalue weighted by Crippen LogP contribution is 2.22. The molecule has 1 fully saturated rings. The zero-order chi connectivity index (χ0) is 18.8. The number of para-hydroxylation sites is 1. The molecule has 2 heterocycles. The van der Waals surface area contributed by atoms with Gasteiger partial charge in [0, 0.05) is 36.4 Å².